The first kappa shape index (κ1) is 25.3. The van der Waals surface area contributed by atoms with Gasteiger partial charge in [0.2, 0.25) is 0 Å². The van der Waals surface area contributed by atoms with Gasteiger partial charge >= 0.3 is 20.1 Å². The zero-order valence-electron chi connectivity index (χ0n) is 17.6. The van der Waals surface area contributed by atoms with E-state index < -0.39 is 0 Å². The third-order valence-electron chi connectivity index (χ3n) is 4.31. The Morgan fingerprint density at radius 2 is 0.939 bits per heavy atom. The summed E-state index contributed by atoms with van der Waals surface area (Å²) in [5.41, 5.74) is 5.72. The number of hydrogen-bond donors (Lipinski definition) is 0. The molecule has 0 radical (unpaired) electrons. The van der Waals surface area contributed by atoms with Gasteiger partial charge in [0.15, 0.2) is 0 Å². The summed E-state index contributed by atoms with van der Waals surface area (Å²) in [5, 5.41) is 6.25. The van der Waals surface area contributed by atoms with Gasteiger partial charge in [-0.1, -0.05) is 30.3 Å². The molecule has 2 aromatic carbocycles. The van der Waals surface area contributed by atoms with Crippen molar-refractivity contribution < 1.29 is 20.1 Å². The van der Waals surface area contributed by atoms with Gasteiger partial charge in [0.05, 0.1) is 11.4 Å². The number of hydrogen-bond acceptors (Lipinski definition) is 4. The predicted octanol–water partition coefficient (Wildman–Crippen LogP) is 6.25. The van der Waals surface area contributed by atoms with E-state index in [1.807, 2.05) is 103 Å². The van der Waals surface area contributed by atoms with Gasteiger partial charge in [-0.25, -0.2) is 0 Å². The van der Waals surface area contributed by atoms with Crippen LogP contribution < -0.4 is 0 Å². The summed E-state index contributed by atoms with van der Waals surface area (Å²) in [4.78, 5) is 13.0. The number of aromatic nitrogens is 3. The van der Waals surface area contributed by atoms with Gasteiger partial charge < -0.3 is 16.8 Å². The summed E-state index contributed by atoms with van der Waals surface area (Å²) in [6.45, 7) is 4.75. The topological polar surface area (TPSA) is 62.5 Å². The Bertz CT molecular complexity index is 1120. The molecule has 5 rings (SSSR count). The summed E-state index contributed by atoms with van der Waals surface area (Å²) in [6.07, 6.45) is 3.54. The predicted molar refractivity (Wildman–Crippen MR) is 125 cm³/mol. The van der Waals surface area contributed by atoms with Gasteiger partial charge in [-0.15, -0.1) is 71.8 Å². The van der Waals surface area contributed by atoms with Crippen molar-refractivity contribution in [2.45, 2.75) is 0 Å². The molecule has 160 valence electrons. The van der Waals surface area contributed by atoms with Crippen LogP contribution in [-0.4, -0.2) is 15.0 Å². The van der Waals surface area contributed by atoms with Crippen LogP contribution in [-0.2, 0) is 20.1 Å². The second kappa shape index (κ2) is 14.2. The average Bonchev–Trinajstić information content (AvgIpc) is 2.92. The molecule has 0 amide bonds. The Morgan fingerprint density at radius 1 is 0.515 bits per heavy atom. The van der Waals surface area contributed by atoms with Crippen LogP contribution in [0.15, 0.2) is 116 Å². The molecule has 0 saturated carbocycles. The first-order chi connectivity index (χ1) is 15.9. The van der Waals surface area contributed by atoms with Gasteiger partial charge in [-0.3, -0.25) is 9.97 Å². The molecular formula is C28H19IrN4. The minimum absolute atomic E-state index is 0. The minimum atomic E-state index is 0. The molecule has 0 aliphatic heterocycles. The quantitative estimate of drug-likeness (QED) is 0.229. The third kappa shape index (κ3) is 7.59. The van der Waals surface area contributed by atoms with Crippen LogP contribution in [0.1, 0.15) is 0 Å². The normalized spacial score (nSPS) is 9.15. The Labute approximate surface area is 208 Å². The van der Waals surface area contributed by atoms with Gasteiger partial charge in [-0.05, 0) is 35.7 Å². The van der Waals surface area contributed by atoms with Crippen molar-refractivity contribution >= 4 is 0 Å². The first-order valence-electron chi connectivity index (χ1n) is 9.86. The zero-order chi connectivity index (χ0) is 22.4. The molecular weight excluding hydrogens is 585 g/mol. The van der Waals surface area contributed by atoms with Crippen molar-refractivity contribution in [1.82, 2.24) is 15.0 Å². The van der Waals surface area contributed by atoms with E-state index in [0.29, 0.717) is 0 Å². The average molecular weight is 604 g/mol. The molecule has 0 bridgehead atoms. The molecule has 33 heavy (non-hydrogen) atoms. The number of rotatable bonds is 3. The van der Waals surface area contributed by atoms with Crippen molar-refractivity contribution in [2.24, 2.45) is 0 Å². The van der Waals surface area contributed by atoms with E-state index in [1.54, 1.807) is 12.4 Å². The van der Waals surface area contributed by atoms with E-state index in [2.05, 4.69) is 27.1 Å². The third-order valence-corrected chi connectivity index (χ3v) is 4.31. The maximum absolute atomic E-state index is 6.25. The van der Waals surface area contributed by atoms with Crippen molar-refractivity contribution in [3.05, 3.63) is 134 Å². The summed E-state index contributed by atoms with van der Waals surface area (Å²) < 4.78 is 0. The Hall–Kier alpha value is -3.97. The van der Waals surface area contributed by atoms with E-state index in [0.717, 1.165) is 33.9 Å². The van der Waals surface area contributed by atoms with Crippen LogP contribution in [0.5, 0.6) is 0 Å². The molecule has 0 saturated heterocycles. The largest absolute Gasteiger partial charge is 3.00 e. The van der Waals surface area contributed by atoms with Crippen molar-refractivity contribution in [3.63, 3.8) is 0 Å². The SMILES string of the molecule is [C-]#N.[Ir+3].[c-]1ccccc1-c1cccc(-c2[c-]cccc2)n1.c1ccc(-c2ccccn2)nc1. The van der Waals surface area contributed by atoms with Crippen LogP contribution in [0.3, 0.4) is 0 Å². The Balaban J connectivity index is 0.000000225. The fourth-order valence-corrected chi connectivity index (χ4v) is 2.87. The standard InChI is InChI=1S/C17H11N.C10H8N2.CN.Ir/c1-3-8-14(9-4-1)16-12-7-13-17(18-16)15-10-5-2-6-11-15;1-3-7-11-9(5-1)10-6-2-4-8-12-10;1-2;/h1-8,10,12-13H;1-8H;;/q-2;;-1;+3. The first-order valence-corrected chi connectivity index (χ1v) is 9.86. The van der Waals surface area contributed by atoms with Crippen LogP contribution >= 0.6 is 0 Å². The molecule has 3 aromatic heterocycles. The maximum atomic E-state index is 6.25. The van der Waals surface area contributed by atoms with Crippen LogP contribution in [0.25, 0.3) is 33.9 Å². The Morgan fingerprint density at radius 3 is 1.30 bits per heavy atom. The molecule has 0 aliphatic carbocycles. The van der Waals surface area contributed by atoms with Gasteiger partial charge in [0.1, 0.15) is 0 Å². The molecule has 0 unspecified atom stereocenters. The minimum Gasteiger partial charge on any atom is -0.512 e. The van der Waals surface area contributed by atoms with E-state index in [-0.39, 0.29) is 20.1 Å². The fraction of sp³-hybridized carbons (Fsp3) is 0. The maximum Gasteiger partial charge on any atom is 3.00 e. The van der Waals surface area contributed by atoms with Crippen molar-refractivity contribution in [1.29, 1.82) is 5.26 Å². The molecule has 0 N–H and O–H groups in total. The molecule has 0 spiro atoms. The summed E-state index contributed by atoms with van der Waals surface area (Å²) in [6, 6.07) is 39.7. The fourth-order valence-electron chi connectivity index (χ4n) is 2.87. The van der Waals surface area contributed by atoms with Gasteiger partial charge in [0.25, 0.3) is 0 Å². The summed E-state index contributed by atoms with van der Waals surface area (Å²) in [7, 11) is 0. The monoisotopic (exact) mass is 604 g/mol. The van der Waals surface area contributed by atoms with Gasteiger partial charge in [0, 0.05) is 12.4 Å². The number of pyridine rings is 3. The molecule has 5 aromatic rings. The van der Waals surface area contributed by atoms with Crippen LogP contribution in [0, 0.1) is 24.0 Å². The van der Waals surface area contributed by atoms with Gasteiger partial charge in [-0.2, -0.15) is 0 Å². The summed E-state index contributed by atoms with van der Waals surface area (Å²) in [5.74, 6) is 0. The second-order valence-corrected chi connectivity index (χ2v) is 6.39. The molecule has 0 aliphatic rings. The number of benzene rings is 2. The molecule has 0 fully saturated rings. The molecule has 4 nitrogen and oxygen atoms in total. The molecule has 5 heteroatoms. The molecule has 0 atom stereocenters. The zero-order valence-corrected chi connectivity index (χ0v) is 20.0. The van der Waals surface area contributed by atoms with Crippen molar-refractivity contribution in [3.8, 4) is 33.9 Å². The van der Waals surface area contributed by atoms with E-state index >= 15 is 0 Å². The Kier molecular flexibility index (Phi) is 10.9. The van der Waals surface area contributed by atoms with Crippen LogP contribution in [0.4, 0.5) is 0 Å². The van der Waals surface area contributed by atoms with E-state index in [1.165, 1.54) is 0 Å². The number of nitrogens with zero attached hydrogens (tertiary/aromatic N) is 4. The van der Waals surface area contributed by atoms with Crippen LogP contribution in [0.2, 0.25) is 0 Å². The van der Waals surface area contributed by atoms with E-state index in [9.17, 15) is 0 Å². The van der Waals surface area contributed by atoms with E-state index in [4.69, 9.17) is 11.8 Å². The second-order valence-electron chi connectivity index (χ2n) is 6.39. The van der Waals surface area contributed by atoms with Crippen molar-refractivity contribution in [2.75, 3.05) is 0 Å². The smallest absolute Gasteiger partial charge is 0.512 e. The summed E-state index contributed by atoms with van der Waals surface area (Å²) >= 11 is 0. The molecule has 3 heterocycles.